The van der Waals surface area contributed by atoms with Crippen molar-refractivity contribution >= 4 is 29.3 Å². The molecule has 142 valence electrons. The van der Waals surface area contributed by atoms with Crippen LogP contribution in [0.1, 0.15) is 31.5 Å². The predicted octanol–water partition coefficient (Wildman–Crippen LogP) is 3.71. The first kappa shape index (κ1) is 20.8. The maximum atomic E-state index is 11.9. The summed E-state index contributed by atoms with van der Waals surface area (Å²) in [6.07, 6.45) is 4.07. The number of aryl methyl sites for hydroxylation is 1. The highest BCUT2D eigenvalue weighted by atomic mass is 35.5. The lowest BCUT2D eigenvalue weighted by atomic mass is 10.1. The number of ether oxygens (including phenoxy) is 1. The molecule has 0 aliphatic carbocycles. The molecular formula is C19H26ClN3O2S. The van der Waals surface area contributed by atoms with Crippen molar-refractivity contribution in [2.24, 2.45) is 5.73 Å². The average Bonchev–Trinajstić information content (AvgIpc) is 3.01. The van der Waals surface area contributed by atoms with Crippen LogP contribution in [0.15, 0.2) is 35.6 Å². The number of hydrogen-bond acceptors (Lipinski definition) is 5. The number of thioether (sulfide) groups is 1. The zero-order valence-corrected chi connectivity index (χ0v) is 16.9. The second kappa shape index (κ2) is 10.6. The molecule has 7 heteroatoms. The van der Waals surface area contributed by atoms with Crippen LogP contribution in [0.25, 0.3) is 0 Å². The van der Waals surface area contributed by atoms with Crippen LogP contribution in [0.4, 0.5) is 0 Å². The summed E-state index contributed by atoms with van der Waals surface area (Å²) in [5, 5.41) is 1.71. The SMILES string of the molecule is CCCSc1ncc(C[C@H](N)C(=O)OCC)n1CCc1ccccc1Cl. The molecule has 26 heavy (non-hydrogen) atoms. The van der Waals surface area contributed by atoms with E-state index < -0.39 is 6.04 Å². The Bertz CT molecular complexity index is 721. The van der Waals surface area contributed by atoms with Gasteiger partial charge in [0.1, 0.15) is 6.04 Å². The van der Waals surface area contributed by atoms with Gasteiger partial charge in [-0.25, -0.2) is 4.98 Å². The zero-order chi connectivity index (χ0) is 18.9. The van der Waals surface area contributed by atoms with Crippen molar-refractivity contribution in [1.82, 2.24) is 9.55 Å². The van der Waals surface area contributed by atoms with E-state index in [1.165, 1.54) is 0 Å². The highest BCUT2D eigenvalue weighted by molar-refractivity contribution is 7.99. The molecule has 1 aromatic carbocycles. The van der Waals surface area contributed by atoms with Crippen LogP contribution < -0.4 is 5.73 Å². The molecule has 0 aliphatic rings. The highest BCUT2D eigenvalue weighted by Crippen LogP contribution is 2.22. The Morgan fingerprint density at radius 3 is 2.85 bits per heavy atom. The number of hydrogen-bond donors (Lipinski definition) is 1. The van der Waals surface area contributed by atoms with Crippen LogP contribution >= 0.6 is 23.4 Å². The summed E-state index contributed by atoms with van der Waals surface area (Å²) in [5.41, 5.74) is 8.03. The molecule has 0 spiro atoms. The van der Waals surface area contributed by atoms with Gasteiger partial charge in [-0.15, -0.1) is 0 Å². The van der Waals surface area contributed by atoms with Gasteiger partial charge >= 0.3 is 5.97 Å². The maximum absolute atomic E-state index is 11.9. The molecule has 0 radical (unpaired) electrons. The van der Waals surface area contributed by atoms with Gasteiger partial charge in [0.15, 0.2) is 5.16 Å². The van der Waals surface area contributed by atoms with Gasteiger partial charge in [-0.2, -0.15) is 0 Å². The highest BCUT2D eigenvalue weighted by Gasteiger charge is 2.19. The molecule has 0 amide bonds. The Morgan fingerprint density at radius 1 is 1.38 bits per heavy atom. The number of benzene rings is 1. The lowest BCUT2D eigenvalue weighted by Gasteiger charge is -2.15. The van der Waals surface area contributed by atoms with Crippen LogP contribution in [-0.4, -0.2) is 33.9 Å². The molecule has 1 aromatic heterocycles. The molecule has 0 saturated heterocycles. The van der Waals surface area contributed by atoms with E-state index in [1.807, 2.05) is 30.5 Å². The molecular weight excluding hydrogens is 370 g/mol. The molecule has 2 rings (SSSR count). The maximum Gasteiger partial charge on any atom is 0.323 e. The third-order valence-corrected chi connectivity index (χ3v) is 5.48. The van der Waals surface area contributed by atoms with Crippen molar-refractivity contribution in [3.05, 3.63) is 46.7 Å². The van der Waals surface area contributed by atoms with Gasteiger partial charge in [-0.1, -0.05) is 48.5 Å². The van der Waals surface area contributed by atoms with Crippen molar-refractivity contribution in [2.45, 2.75) is 50.9 Å². The summed E-state index contributed by atoms with van der Waals surface area (Å²) in [5.74, 6) is 0.612. The first-order valence-corrected chi connectivity index (χ1v) is 10.3. The van der Waals surface area contributed by atoms with E-state index in [1.54, 1.807) is 18.7 Å². The number of carbonyl (C=O) groups excluding carboxylic acids is 1. The molecule has 1 atom stereocenters. The van der Waals surface area contributed by atoms with Crippen LogP contribution in [0.3, 0.4) is 0 Å². The van der Waals surface area contributed by atoms with Gasteiger partial charge < -0.3 is 15.0 Å². The van der Waals surface area contributed by atoms with E-state index in [0.29, 0.717) is 13.0 Å². The third kappa shape index (κ3) is 5.76. The number of nitrogens with two attached hydrogens (primary N) is 1. The molecule has 0 fully saturated rings. The summed E-state index contributed by atoms with van der Waals surface area (Å²) in [7, 11) is 0. The van der Waals surface area contributed by atoms with E-state index in [-0.39, 0.29) is 5.97 Å². The van der Waals surface area contributed by atoms with E-state index in [2.05, 4.69) is 16.5 Å². The lowest BCUT2D eigenvalue weighted by Crippen LogP contribution is -2.35. The van der Waals surface area contributed by atoms with Gasteiger partial charge in [0.25, 0.3) is 0 Å². The largest absolute Gasteiger partial charge is 0.465 e. The zero-order valence-electron chi connectivity index (χ0n) is 15.3. The Hall–Kier alpha value is -1.50. The summed E-state index contributed by atoms with van der Waals surface area (Å²) in [4.78, 5) is 16.4. The van der Waals surface area contributed by atoms with Crippen molar-refractivity contribution in [1.29, 1.82) is 0 Å². The predicted molar refractivity (Wildman–Crippen MR) is 107 cm³/mol. The number of rotatable bonds is 10. The van der Waals surface area contributed by atoms with Crippen LogP contribution in [0.5, 0.6) is 0 Å². The monoisotopic (exact) mass is 395 g/mol. The first-order chi connectivity index (χ1) is 12.6. The minimum absolute atomic E-state index is 0.329. The van der Waals surface area contributed by atoms with Gasteiger partial charge in [-0.05, 0) is 31.4 Å². The normalized spacial score (nSPS) is 12.2. The Morgan fingerprint density at radius 2 is 2.15 bits per heavy atom. The molecule has 2 aromatic rings. The van der Waals surface area contributed by atoms with E-state index >= 15 is 0 Å². The number of halogens is 1. The van der Waals surface area contributed by atoms with Gasteiger partial charge in [-0.3, -0.25) is 4.79 Å². The minimum atomic E-state index is -0.685. The van der Waals surface area contributed by atoms with Gasteiger partial charge in [0.05, 0.1) is 6.61 Å². The second-order valence-electron chi connectivity index (χ2n) is 5.94. The number of nitrogens with zero attached hydrogens (tertiary/aromatic N) is 2. The van der Waals surface area contributed by atoms with Gasteiger partial charge in [0, 0.05) is 35.6 Å². The van der Waals surface area contributed by atoms with Crippen molar-refractivity contribution in [3.63, 3.8) is 0 Å². The molecule has 2 N–H and O–H groups in total. The Balaban J connectivity index is 2.16. The molecule has 1 heterocycles. The Kier molecular flexibility index (Phi) is 8.48. The van der Waals surface area contributed by atoms with Crippen molar-refractivity contribution in [2.75, 3.05) is 12.4 Å². The number of esters is 1. The standard InChI is InChI=1S/C19H26ClN3O2S/c1-3-11-26-19-22-13-15(12-17(21)18(24)25-4-2)23(19)10-9-14-7-5-6-8-16(14)20/h5-8,13,17H,3-4,9-12,21H2,1-2H3/t17-/m0/s1. The fourth-order valence-electron chi connectivity index (χ4n) is 2.59. The lowest BCUT2D eigenvalue weighted by molar-refractivity contribution is -0.144. The fourth-order valence-corrected chi connectivity index (χ4v) is 3.70. The van der Waals surface area contributed by atoms with Crippen LogP contribution in [-0.2, 0) is 28.9 Å². The smallest absolute Gasteiger partial charge is 0.323 e. The summed E-state index contributed by atoms with van der Waals surface area (Å²) < 4.78 is 7.16. The Labute approximate surface area is 164 Å². The topological polar surface area (TPSA) is 70.1 Å². The summed E-state index contributed by atoms with van der Waals surface area (Å²) >= 11 is 7.99. The van der Waals surface area contributed by atoms with Crippen molar-refractivity contribution in [3.8, 4) is 0 Å². The molecule has 0 unspecified atom stereocenters. The molecule has 0 bridgehead atoms. The molecule has 5 nitrogen and oxygen atoms in total. The van der Waals surface area contributed by atoms with Crippen LogP contribution in [0, 0.1) is 0 Å². The van der Waals surface area contributed by atoms with Crippen molar-refractivity contribution < 1.29 is 9.53 Å². The van der Waals surface area contributed by atoms with E-state index in [0.717, 1.165) is 46.6 Å². The number of imidazole rings is 1. The van der Waals surface area contributed by atoms with Crippen LogP contribution in [0.2, 0.25) is 5.02 Å². The fraction of sp³-hybridized carbons (Fsp3) is 0.474. The average molecular weight is 396 g/mol. The second-order valence-corrected chi connectivity index (χ2v) is 7.41. The summed E-state index contributed by atoms with van der Waals surface area (Å²) in [6.45, 7) is 4.98. The van der Waals surface area contributed by atoms with E-state index in [4.69, 9.17) is 22.1 Å². The van der Waals surface area contributed by atoms with E-state index in [9.17, 15) is 4.79 Å². The number of aromatic nitrogens is 2. The number of carbonyl (C=O) groups is 1. The molecule has 0 saturated carbocycles. The van der Waals surface area contributed by atoms with Gasteiger partial charge in [0.2, 0.25) is 0 Å². The minimum Gasteiger partial charge on any atom is -0.465 e. The first-order valence-electron chi connectivity index (χ1n) is 8.89. The quantitative estimate of drug-likeness (QED) is 0.490. The molecule has 0 aliphatic heterocycles. The summed E-state index contributed by atoms with van der Waals surface area (Å²) in [6, 6.07) is 7.15. The third-order valence-electron chi connectivity index (χ3n) is 3.92.